The molecule has 0 saturated heterocycles. The molecule has 0 aromatic carbocycles. The summed E-state index contributed by atoms with van der Waals surface area (Å²) in [7, 11) is 1.62. The van der Waals surface area contributed by atoms with Crippen molar-refractivity contribution in [2.75, 3.05) is 33.5 Å². The number of esters is 1. The molecule has 0 unspecified atom stereocenters. The van der Waals surface area contributed by atoms with E-state index in [0.717, 1.165) is 18.7 Å². The molecule has 0 N–H and O–H groups in total. The zero-order valence-corrected chi connectivity index (χ0v) is 10.2. The monoisotopic (exact) mass is 257 g/mol. The maximum Gasteiger partial charge on any atom is 0.339 e. The first-order valence-corrected chi connectivity index (χ1v) is 5.59. The summed E-state index contributed by atoms with van der Waals surface area (Å²) in [4.78, 5) is 14.8. The molecule has 100 valence electrons. The van der Waals surface area contributed by atoms with Crippen LogP contribution in [0.1, 0.15) is 16.8 Å². The van der Waals surface area contributed by atoms with Gasteiger partial charge in [-0.15, -0.1) is 0 Å². The first kappa shape index (κ1) is 14.5. The van der Waals surface area contributed by atoms with Gasteiger partial charge in [-0.05, 0) is 18.6 Å². The predicted molar refractivity (Wildman–Crippen MR) is 61.8 cm³/mol. The SMILES string of the molecule is COCCCOCCOC(=O)c1ccc(F)nc1. The Morgan fingerprint density at radius 3 is 2.78 bits per heavy atom. The summed E-state index contributed by atoms with van der Waals surface area (Å²) in [6.45, 7) is 1.68. The van der Waals surface area contributed by atoms with Crippen LogP contribution in [0.3, 0.4) is 0 Å². The first-order chi connectivity index (χ1) is 8.74. The Balaban J connectivity index is 2.12. The molecule has 0 amide bonds. The van der Waals surface area contributed by atoms with Crippen LogP contribution in [0.5, 0.6) is 0 Å². The minimum absolute atomic E-state index is 0.156. The van der Waals surface area contributed by atoms with Crippen molar-refractivity contribution in [2.24, 2.45) is 0 Å². The van der Waals surface area contributed by atoms with E-state index in [-0.39, 0.29) is 12.2 Å². The Morgan fingerprint density at radius 2 is 2.11 bits per heavy atom. The van der Waals surface area contributed by atoms with Crippen molar-refractivity contribution in [3.8, 4) is 0 Å². The standard InChI is InChI=1S/C12H16FNO4/c1-16-5-2-6-17-7-8-18-12(15)10-3-4-11(13)14-9-10/h3-4,9H,2,5-8H2,1H3. The summed E-state index contributed by atoms with van der Waals surface area (Å²) >= 11 is 0. The van der Waals surface area contributed by atoms with Gasteiger partial charge in [0.2, 0.25) is 5.95 Å². The molecule has 0 atom stereocenters. The molecule has 1 heterocycles. The van der Waals surface area contributed by atoms with Crippen molar-refractivity contribution in [1.82, 2.24) is 4.98 Å². The van der Waals surface area contributed by atoms with Gasteiger partial charge in [-0.2, -0.15) is 4.39 Å². The van der Waals surface area contributed by atoms with E-state index >= 15 is 0 Å². The summed E-state index contributed by atoms with van der Waals surface area (Å²) in [6, 6.07) is 2.43. The fraction of sp³-hybridized carbons (Fsp3) is 0.500. The number of halogens is 1. The summed E-state index contributed by atoms with van der Waals surface area (Å²) < 4.78 is 27.5. The maximum atomic E-state index is 12.5. The molecule has 0 saturated carbocycles. The second kappa shape index (κ2) is 8.54. The van der Waals surface area contributed by atoms with Crippen LogP contribution >= 0.6 is 0 Å². The molecule has 0 fully saturated rings. The van der Waals surface area contributed by atoms with Crippen molar-refractivity contribution >= 4 is 5.97 Å². The van der Waals surface area contributed by atoms with E-state index in [9.17, 15) is 9.18 Å². The van der Waals surface area contributed by atoms with E-state index in [2.05, 4.69) is 4.98 Å². The average molecular weight is 257 g/mol. The number of hydrogen-bond donors (Lipinski definition) is 0. The van der Waals surface area contributed by atoms with Gasteiger partial charge in [0.25, 0.3) is 0 Å². The highest BCUT2D eigenvalue weighted by atomic mass is 19.1. The van der Waals surface area contributed by atoms with E-state index in [0.29, 0.717) is 19.8 Å². The number of hydrogen-bond acceptors (Lipinski definition) is 5. The van der Waals surface area contributed by atoms with Crippen LogP contribution in [0.25, 0.3) is 0 Å². The summed E-state index contributed by atoms with van der Waals surface area (Å²) in [5, 5.41) is 0. The molecule has 5 nitrogen and oxygen atoms in total. The lowest BCUT2D eigenvalue weighted by Crippen LogP contribution is -2.12. The molecule has 1 rings (SSSR count). The van der Waals surface area contributed by atoms with Crippen molar-refractivity contribution in [3.63, 3.8) is 0 Å². The van der Waals surface area contributed by atoms with Crippen molar-refractivity contribution in [1.29, 1.82) is 0 Å². The fourth-order valence-electron chi connectivity index (χ4n) is 1.18. The van der Waals surface area contributed by atoms with Crippen LogP contribution in [0.15, 0.2) is 18.3 Å². The molecule has 0 aliphatic carbocycles. The van der Waals surface area contributed by atoms with Crippen LogP contribution in [0.4, 0.5) is 4.39 Å². The van der Waals surface area contributed by atoms with Crippen LogP contribution in [0.2, 0.25) is 0 Å². The maximum absolute atomic E-state index is 12.5. The highest BCUT2D eigenvalue weighted by molar-refractivity contribution is 5.88. The number of pyridine rings is 1. The largest absolute Gasteiger partial charge is 0.460 e. The number of carbonyl (C=O) groups is 1. The van der Waals surface area contributed by atoms with E-state index in [1.165, 1.54) is 6.07 Å². The van der Waals surface area contributed by atoms with E-state index in [1.807, 2.05) is 0 Å². The lowest BCUT2D eigenvalue weighted by Gasteiger charge is -2.05. The molecule has 6 heteroatoms. The third-order valence-corrected chi connectivity index (χ3v) is 2.06. The predicted octanol–water partition coefficient (Wildman–Crippen LogP) is 1.43. The zero-order valence-electron chi connectivity index (χ0n) is 10.2. The van der Waals surface area contributed by atoms with Crippen LogP contribution in [-0.4, -0.2) is 44.5 Å². The minimum atomic E-state index is -0.631. The third-order valence-electron chi connectivity index (χ3n) is 2.06. The number of ether oxygens (including phenoxy) is 3. The van der Waals surface area contributed by atoms with Gasteiger partial charge in [0, 0.05) is 26.5 Å². The summed E-state index contributed by atoms with van der Waals surface area (Å²) in [5.41, 5.74) is 0.218. The molecule has 1 aromatic heterocycles. The second-order valence-electron chi connectivity index (χ2n) is 3.46. The van der Waals surface area contributed by atoms with Gasteiger partial charge >= 0.3 is 5.97 Å². The van der Waals surface area contributed by atoms with Crippen LogP contribution < -0.4 is 0 Å². The van der Waals surface area contributed by atoms with Crippen LogP contribution in [0, 0.1) is 5.95 Å². The molecular weight excluding hydrogens is 241 g/mol. The fourth-order valence-corrected chi connectivity index (χ4v) is 1.18. The zero-order chi connectivity index (χ0) is 13.2. The summed E-state index contributed by atoms with van der Waals surface area (Å²) in [6.07, 6.45) is 1.93. The van der Waals surface area contributed by atoms with Gasteiger partial charge in [-0.3, -0.25) is 0 Å². The Hall–Kier alpha value is -1.53. The molecule has 18 heavy (non-hydrogen) atoms. The number of methoxy groups -OCH3 is 1. The number of carbonyl (C=O) groups excluding carboxylic acids is 1. The molecule has 1 aromatic rings. The molecule has 0 radical (unpaired) electrons. The second-order valence-corrected chi connectivity index (χ2v) is 3.46. The van der Waals surface area contributed by atoms with Crippen molar-refractivity contribution in [3.05, 3.63) is 29.8 Å². The van der Waals surface area contributed by atoms with Crippen molar-refractivity contribution in [2.45, 2.75) is 6.42 Å². The highest BCUT2D eigenvalue weighted by Gasteiger charge is 2.07. The van der Waals surface area contributed by atoms with E-state index < -0.39 is 11.9 Å². The molecule has 0 aliphatic rings. The van der Waals surface area contributed by atoms with Crippen molar-refractivity contribution < 1.29 is 23.4 Å². The summed E-state index contributed by atoms with van der Waals surface area (Å²) in [5.74, 6) is -1.17. The van der Waals surface area contributed by atoms with Gasteiger partial charge in [-0.25, -0.2) is 9.78 Å². The first-order valence-electron chi connectivity index (χ1n) is 5.59. The number of rotatable bonds is 8. The Morgan fingerprint density at radius 1 is 1.28 bits per heavy atom. The quantitative estimate of drug-likeness (QED) is 0.400. The topological polar surface area (TPSA) is 57.7 Å². The van der Waals surface area contributed by atoms with Gasteiger partial charge in [0.05, 0.1) is 12.2 Å². The van der Waals surface area contributed by atoms with Crippen LogP contribution in [-0.2, 0) is 14.2 Å². The van der Waals surface area contributed by atoms with E-state index in [1.54, 1.807) is 7.11 Å². The third kappa shape index (κ3) is 5.70. The smallest absolute Gasteiger partial charge is 0.339 e. The lowest BCUT2D eigenvalue weighted by atomic mass is 10.3. The number of nitrogens with zero attached hydrogens (tertiary/aromatic N) is 1. The molecule has 0 bridgehead atoms. The highest BCUT2D eigenvalue weighted by Crippen LogP contribution is 2.01. The van der Waals surface area contributed by atoms with E-state index in [4.69, 9.17) is 14.2 Å². The Labute approximate surface area is 105 Å². The Kier molecular flexibility index (Phi) is 6.90. The van der Waals surface area contributed by atoms with Gasteiger partial charge < -0.3 is 14.2 Å². The lowest BCUT2D eigenvalue weighted by molar-refractivity contribution is 0.0287. The minimum Gasteiger partial charge on any atom is -0.460 e. The molecular formula is C12H16FNO4. The average Bonchev–Trinajstić information content (AvgIpc) is 2.38. The molecule has 0 aliphatic heterocycles. The van der Waals surface area contributed by atoms with Gasteiger partial charge in [0.15, 0.2) is 0 Å². The van der Waals surface area contributed by atoms with Gasteiger partial charge in [-0.1, -0.05) is 0 Å². The number of aromatic nitrogens is 1. The normalized spacial score (nSPS) is 10.3. The molecule has 0 spiro atoms. The Bertz CT molecular complexity index is 356. The van der Waals surface area contributed by atoms with Gasteiger partial charge in [0.1, 0.15) is 6.61 Å².